The molecule has 2 aromatic rings. The largest absolute Gasteiger partial charge is 0.494 e. The zero-order chi connectivity index (χ0) is 28.9. The number of nitriles is 1. The first-order chi connectivity index (χ1) is 20.6. The molecule has 0 bridgehead atoms. The number of amidine groups is 1. The quantitative estimate of drug-likeness (QED) is 0.248. The first-order valence-electron chi connectivity index (χ1n) is 15.3. The molecule has 42 heavy (non-hydrogen) atoms. The van der Waals surface area contributed by atoms with Gasteiger partial charge in [-0.25, -0.2) is 0 Å². The van der Waals surface area contributed by atoms with Crippen LogP contribution < -0.4 is 4.74 Å². The zero-order valence-electron chi connectivity index (χ0n) is 24.3. The molecule has 2 saturated heterocycles. The first kappa shape index (κ1) is 27.8. The van der Waals surface area contributed by atoms with Crippen LogP contribution in [0.1, 0.15) is 63.0 Å². The Kier molecular flexibility index (Phi) is 8.41. The Morgan fingerprint density at radius 2 is 1.90 bits per heavy atom. The molecule has 3 heterocycles. The van der Waals surface area contributed by atoms with Gasteiger partial charge in [-0.3, -0.25) is 9.69 Å². The number of benzene rings is 2. The van der Waals surface area contributed by atoms with E-state index in [1.165, 1.54) is 35.2 Å². The molecular weight excluding hydrogens is 524 g/mol. The van der Waals surface area contributed by atoms with Gasteiger partial charge in [0.25, 0.3) is 5.91 Å². The third-order valence-corrected chi connectivity index (χ3v) is 8.46. The van der Waals surface area contributed by atoms with Gasteiger partial charge in [-0.05, 0) is 105 Å². The number of nitrogens with zero attached hydrogens (tertiary/aromatic N) is 4. The average Bonchev–Trinajstić information content (AvgIpc) is 3.29. The van der Waals surface area contributed by atoms with Crippen LogP contribution in [0.4, 0.5) is 5.69 Å². The van der Waals surface area contributed by atoms with E-state index in [-0.39, 0.29) is 17.8 Å². The summed E-state index contributed by atoms with van der Waals surface area (Å²) in [6.45, 7) is 5.44. The molecule has 1 aliphatic carbocycles. The van der Waals surface area contributed by atoms with Gasteiger partial charge in [-0.1, -0.05) is 30.3 Å². The van der Waals surface area contributed by atoms with Gasteiger partial charge in [0.05, 0.1) is 17.9 Å². The highest BCUT2D eigenvalue weighted by Crippen LogP contribution is 2.42. The number of allylic oxidation sites excluding steroid dienone is 4. The molecule has 2 fully saturated rings. The van der Waals surface area contributed by atoms with Crippen LogP contribution in [0.15, 0.2) is 88.3 Å². The number of ether oxygens (including phenoxy) is 2. The number of para-hydroxylation sites is 1. The Morgan fingerprint density at radius 3 is 2.71 bits per heavy atom. The summed E-state index contributed by atoms with van der Waals surface area (Å²) in [5, 5.41) is 9.60. The predicted molar refractivity (Wildman–Crippen MR) is 163 cm³/mol. The van der Waals surface area contributed by atoms with Gasteiger partial charge < -0.3 is 14.4 Å². The van der Waals surface area contributed by atoms with E-state index in [1.807, 2.05) is 37.3 Å². The summed E-state index contributed by atoms with van der Waals surface area (Å²) in [7, 11) is 0. The van der Waals surface area contributed by atoms with Crippen molar-refractivity contribution in [2.24, 2.45) is 10.9 Å². The summed E-state index contributed by atoms with van der Waals surface area (Å²) in [6.07, 6.45) is 12.5. The first-order valence-corrected chi connectivity index (χ1v) is 15.3. The SMILES string of the molecule is CCOc1ccc(CCCCN2C(=O)/C(=C\C3C=C4CCCN5CCCC(=C45)C3)OC2=Nc2ccccc2C#N)cc1. The lowest BCUT2D eigenvalue weighted by Gasteiger charge is -2.41. The molecule has 0 radical (unpaired) electrons. The highest BCUT2D eigenvalue weighted by atomic mass is 16.5. The Balaban J connectivity index is 1.19. The smallest absolute Gasteiger partial charge is 0.305 e. The summed E-state index contributed by atoms with van der Waals surface area (Å²) in [6, 6.07) is 17.8. The van der Waals surface area contributed by atoms with Crippen molar-refractivity contribution in [3.8, 4) is 11.8 Å². The van der Waals surface area contributed by atoms with Crippen molar-refractivity contribution in [3.63, 3.8) is 0 Å². The molecule has 2 aromatic carbocycles. The second-order valence-corrected chi connectivity index (χ2v) is 11.4. The van der Waals surface area contributed by atoms with Crippen LogP contribution in [0.2, 0.25) is 0 Å². The van der Waals surface area contributed by atoms with Gasteiger partial charge in [0.15, 0.2) is 5.76 Å². The van der Waals surface area contributed by atoms with Crippen molar-refractivity contribution in [3.05, 3.63) is 94.4 Å². The van der Waals surface area contributed by atoms with Gasteiger partial charge in [-0.15, -0.1) is 0 Å². The summed E-state index contributed by atoms with van der Waals surface area (Å²) in [5.41, 5.74) is 6.62. The molecule has 3 aliphatic heterocycles. The van der Waals surface area contributed by atoms with E-state index >= 15 is 0 Å². The van der Waals surface area contributed by atoms with Crippen LogP contribution in [-0.2, 0) is 16.0 Å². The summed E-state index contributed by atoms with van der Waals surface area (Å²) in [4.78, 5) is 22.6. The van der Waals surface area contributed by atoms with E-state index in [2.05, 4.69) is 34.2 Å². The maximum absolute atomic E-state index is 13.7. The van der Waals surface area contributed by atoms with Crippen LogP contribution >= 0.6 is 0 Å². The van der Waals surface area contributed by atoms with Gasteiger partial charge in [0.2, 0.25) is 0 Å². The Morgan fingerprint density at radius 1 is 1.10 bits per heavy atom. The molecule has 0 aromatic heterocycles. The van der Waals surface area contributed by atoms with Gasteiger partial charge in [0.1, 0.15) is 11.8 Å². The van der Waals surface area contributed by atoms with Crippen molar-refractivity contribution in [1.82, 2.24) is 9.80 Å². The molecule has 7 nitrogen and oxygen atoms in total. The van der Waals surface area contributed by atoms with E-state index in [0.29, 0.717) is 30.2 Å². The maximum Gasteiger partial charge on any atom is 0.305 e. The average molecular weight is 563 g/mol. The van der Waals surface area contributed by atoms with Gasteiger partial charge >= 0.3 is 6.02 Å². The fourth-order valence-electron chi connectivity index (χ4n) is 6.52. The Bertz CT molecular complexity index is 1490. The van der Waals surface area contributed by atoms with Crippen LogP contribution in [0.5, 0.6) is 5.75 Å². The summed E-state index contributed by atoms with van der Waals surface area (Å²) in [5.74, 6) is 1.19. The van der Waals surface area contributed by atoms with Gasteiger partial charge in [0, 0.05) is 31.2 Å². The predicted octanol–water partition coefficient (Wildman–Crippen LogP) is 6.80. The van der Waals surface area contributed by atoms with Crippen LogP contribution in [-0.4, -0.2) is 48.0 Å². The highest BCUT2D eigenvalue weighted by molar-refractivity contribution is 6.09. The number of rotatable bonds is 9. The molecule has 0 saturated carbocycles. The monoisotopic (exact) mass is 562 g/mol. The normalized spacial score (nSPS) is 21.8. The third kappa shape index (κ3) is 5.99. The number of carbonyl (C=O) groups is 1. The molecule has 1 unspecified atom stereocenters. The van der Waals surface area contributed by atoms with Crippen LogP contribution in [0.3, 0.4) is 0 Å². The van der Waals surface area contributed by atoms with Crippen LogP contribution in [0.25, 0.3) is 0 Å². The number of unbranched alkanes of at least 4 members (excludes halogenated alkanes) is 1. The molecule has 6 rings (SSSR count). The number of hydrogen-bond acceptors (Lipinski definition) is 6. The number of aliphatic imine (C=N–C) groups is 1. The third-order valence-electron chi connectivity index (χ3n) is 8.46. The summed E-state index contributed by atoms with van der Waals surface area (Å²) >= 11 is 0. The number of hydrogen-bond donors (Lipinski definition) is 0. The zero-order valence-corrected chi connectivity index (χ0v) is 24.3. The highest BCUT2D eigenvalue weighted by Gasteiger charge is 2.36. The van der Waals surface area contributed by atoms with Crippen molar-refractivity contribution in [1.29, 1.82) is 5.26 Å². The molecule has 216 valence electrons. The topological polar surface area (TPSA) is 78.2 Å². The summed E-state index contributed by atoms with van der Waals surface area (Å²) < 4.78 is 11.7. The minimum absolute atomic E-state index is 0.128. The Hall–Kier alpha value is -4.31. The number of aryl methyl sites for hydroxylation is 1. The van der Waals surface area contributed by atoms with E-state index in [9.17, 15) is 10.1 Å². The van der Waals surface area contributed by atoms with E-state index in [1.54, 1.807) is 17.0 Å². The molecule has 0 N–H and O–H groups in total. The molecular formula is C35H38N4O3. The lowest BCUT2D eigenvalue weighted by atomic mass is 9.80. The number of piperidine rings is 1. The fourth-order valence-corrected chi connectivity index (χ4v) is 6.52. The second-order valence-electron chi connectivity index (χ2n) is 11.4. The van der Waals surface area contributed by atoms with E-state index < -0.39 is 0 Å². The fraction of sp³-hybridized carbons (Fsp3) is 0.400. The lowest BCUT2D eigenvalue weighted by Crippen LogP contribution is -2.36. The van der Waals surface area contributed by atoms with Crippen molar-refractivity contribution < 1.29 is 14.3 Å². The van der Waals surface area contributed by atoms with E-state index in [0.717, 1.165) is 57.4 Å². The van der Waals surface area contributed by atoms with Crippen molar-refractivity contribution in [2.45, 2.75) is 58.3 Å². The minimum Gasteiger partial charge on any atom is -0.494 e. The van der Waals surface area contributed by atoms with E-state index in [4.69, 9.17) is 9.47 Å². The standard InChI is InChI=1S/C35H38N4O3/c1-2-41-30-16-14-25(15-17-30)9-5-6-20-39-34(40)32(42-35(39)37-31-13-4-3-10-29(31)24-36)23-26-21-27-11-7-18-38-19-8-12-28(22-26)33(27)38/h3-4,10,13-17,21,23,26H,2,5-9,11-12,18-20,22H2,1H3/b32-23+,37-35?. The molecule has 0 spiro atoms. The minimum atomic E-state index is -0.156. The maximum atomic E-state index is 13.7. The lowest BCUT2D eigenvalue weighted by molar-refractivity contribution is -0.123. The van der Waals surface area contributed by atoms with Gasteiger partial charge in [-0.2, -0.15) is 10.3 Å². The second kappa shape index (κ2) is 12.7. The van der Waals surface area contributed by atoms with Crippen molar-refractivity contribution >= 4 is 17.6 Å². The number of carbonyl (C=O) groups excluding carboxylic acids is 1. The number of amides is 1. The molecule has 4 aliphatic rings. The van der Waals surface area contributed by atoms with Crippen molar-refractivity contribution in [2.75, 3.05) is 26.2 Å². The molecule has 1 atom stereocenters. The molecule has 7 heteroatoms. The molecule has 1 amide bonds. The van der Waals surface area contributed by atoms with Crippen LogP contribution in [0, 0.1) is 17.2 Å². The Labute approximate surface area is 248 Å².